The maximum Gasteiger partial charge on any atom is 0.200 e. The SMILES string of the molecule is Fc1c(F)c(F)c([B-](c2c(F)c(F)c(F)c(F)c2F)(c2c(F)c(F)c(F)c(F)c2F)c2c(F)c(F)c(F)c(F)c2F)c(F)c1F.N#CC(C#N)=CC[P+](c1ccccc1)(c1ccccc1)c1ccccc1. The monoisotopic (exact) mass is 1030 g/mol. The lowest BCUT2D eigenvalue weighted by Crippen LogP contribution is -2.81. The van der Waals surface area contributed by atoms with E-state index < -0.39 is 152 Å². The van der Waals surface area contributed by atoms with Crippen LogP contribution < -0.4 is 37.8 Å². The van der Waals surface area contributed by atoms with E-state index in [1.54, 1.807) is 6.08 Å². The van der Waals surface area contributed by atoms with Gasteiger partial charge in [-0.15, -0.1) is 21.9 Å². The van der Waals surface area contributed by atoms with Gasteiger partial charge in [-0.3, -0.25) is 0 Å². The second-order valence-corrected chi connectivity index (χ2v) is 18.2. The summed E-state index contributed by atoms with van der Waals surface area (Å²) >= 11 is 0. The molecule has 0 amide bonds. The van der Waals surface area contributed by atoms with Crippen LogP contribution in [0.4, 0.5) is 87.8 Å². The molecule has 0 radical (unpaired) electrons. The van der Waals surface area contributed by atoms with E-state index in [-0.39, 0.29) is 5.57 Å². The number of halogens is 20. The lowest BCUT2D eigenvalue weighted by molar-refractivity contribution is 0.378. The number of rotatable bonds is 9. The molecule has 0 saturated carbocycles. The van der Waals surface area contributed by atoms with Crippen LogP contribution in [0.15, 0.2) is 103 Å². The van der Waals surface area contributed by atoms with Gasteiger partial charge in [0.1, 0.15) is 93.6 Å². The summed E-state index contributed by atoms with van der Waals surface area (Å²) in [7, 11) is -2.01. The van der Waals surface area contributed by atoms with Crippen LogP contribution >= 0.6 is 7.26 Å². The normalized spacial score (nSPS) is 11.4. The zero-order valence-corrected chi connectivity index (χ0v) is 35.3. The number of benzene rings is 7. The van der Waals surface area contributed by atoms with Gasteiger partial charge in [-0.25, -0.2) is 87.8 Å². The highest BCUT2D eigenvalue weighted by Crippen LogP contribution is 2.55. The fourth-order valence-corrected chi connectivity index (χ4v) is 12.1. The summed E-state index contributed by atoms with van der Waals surface area (Å²) in [6.07, 6.45) is -4.78. The van der Waals surface area contributed by atoms with E-state index in [4.69, 9.17) is 0 Å². The predicted molar refractivity (Wildman–Crippen MR) is 219 cm³/mol. The fourth-order valence-electron chi connectivity index (χ4n) is 8.03. The first-order valence-corrected chi connectivity index (χ1v) is 21.3. The molecule has 0 aliphatic rings. The van der Waals surface area contributed by atoms with Crippen molar-refractivity contribution in [1.82, 2.24) is 0 Å². The molecule has 0 fully saturated rings. The minimum Gasteiger partial charge on any atom is -0.207 e. The molecule has 364 valence electrons. The highest BCUT2D eigenvalue weighted by Gasteiger charge is 2.52. The van der Waals surface area contributed by atoms with Gasteiger partial charge in [0.05, 0.1) is 6.16 Å². The Morgan fingerprint density at radius 3 is 0.690 bits per heavy atom. The topological polar surface area (TPSA) is 47.6 Å². The van der Waals surface area contributed by atoms with Gasteiger partial charge in [-0.05, 0) is 42.5 Å². The molecular weight excluding hydrogens is 1010 g/mol. The number of hydrogen-bond donors (Lipinski definition) is 0. The van der Waals surface area contributed by atoms with Crippen LogP contribution in [-0.4, -0.2) is 12.3 Å². The molecule has 0 atom stereocenters. The number of nitrogens with zero attached hydrogens (tertiary/aromatic N) is 2. The fraction of sp³-hybridized carbons (Fsp3) is 0.0213. The number of hydrogen-bond acceptors (Lipinski definition) is 2. The zero-order valence-electron chi connectivity index (χ0n) is 34.4. The molecule has 0 unspecified atom stereocenters. The average molecular weight is 1030 g/mol. The van der Waals surface area contributed by atoms with Crippen molar-refractivity contribution in [3.05, 3.63) is 219 Å². The highest BCUT2D eigenvalue weighted by atomic mass is 31.2. The Hall–Kier alpha value is -7.65. The van der Waals surface area contributed by atoms with Crippen molar-refractivity contribution in [1.29, 1.82) is 10.5 Å². The summed E-state index contributed by atoms with van der Waals surface area (Å²) in [5.41, 5.74) is -14.2. The average Bonchev–Trinajstić information content (AvgIpc) is 3.38. The van der Waals surface area contributed by atoms with Crippen molar-refractivity contribution < 1.29 is 87.8 Å². The Balaban J connectivity index is 0.000000268. The Morgan fingerprint density at radius 1 is 0.324 bits per heavy atom. The summed E-state index contributed by atoms with van der Waals surface area (Å²) in [5, 5.41) is 22.1. The second-order valence-electron chi connectivity index (χ2n) is 14.6. The summed E-state index contributed by atoms with van der Waals surface area (Å²) in [6, 6.07) is 35.3. The van der Waals surface area contributed by atoms with Crippen molar-refractivity contribution >= 4 is 51.2 Å². The van der Waals surface area contributed by atoms with E-state index in [0.717, 1.165) is 0 Å². The number of nitriles is 2. The molecule has 0 aromatic heterocycles. The van der Waals surface area contributed by atoms with Crippen molar-refractivity contribution in [3.63, 3.8) is 0 Å². The largest absolute Gasteiger partial charge is 0.207 e. The lowest BCUT2D eigenvalue weighted by Gasteiger charge is -2.44. The maximum absolute atomic E-state index is 15.4. The van der Waals surface area contributed by atoms with E-state index in [0.29, 0.717) is 6.16 Å². The molecule has 0 bridgehead atoms. The third kappa shape index (κ3) is 8.41. The molecular formula is C47H18BF20N2P. The highest BCUT2D eigenvalue weighted by molar-refractivity contribution is 7.95. The Labute approximate surface area is 386 Å². The van der Waals surface area contributed by atoms with Crippen LogP contribution in [0.25, 0.3) is 0 Å². The van der Waals surface area contributed by atoms with Gasteiger partial charge in [0.15, 0.2) is 69.8 Å². The molecule has 7 aromatic rings. The molecule has 71 heavy (non-hydrogen) atoms. The van der Waals surface area contributed by atoms with Crippen LogP contribution in [0.3, 0.4) is 0 Å². The van der Waals surface area contributed by atoms with Crippen molar-refractivity contribution in [2.45, 2.75) is 0 Å². The first-order chi connectivity index (χ1) is 33.5. The summed E-state index contributed by atoms with van der Waals surface area (Å²) in [4.78, 5) is 0. The van der Waals surface area contributed by atoms with E-state index >= 15 is 35.1 Å². The quantitative estimate of drug-likeness (QED) is 0.0362. The van der Waals surface area contributed by atoms with Crippen LogP contribution in [-0.2, 0) is 0 Å². The van der Waals surface area contributed by atoms with Gasteiger partial charge in [0.2, 0.25) is 0 Å². The van der Waals surface area contributed by atoms with Crippen molar-refractivity contribution in [3.8, 4) is 12.1 Å². The van der Waals surface area contributed by atoms with E-state index in [2.05, 4.69) is 72.8 Å². The summed E-state index contributed by atoms with van der Waals surface area (Å²) in [5.74, 6) is -71.4. The van der Waals surface area contributed by atoms with Gasteiger partial charge >= 0.3 is 0 Å². The van der Waals surface area contributed by atoms with Crippen LogP contribution in [0.5, 0.6) is 0 Å². The van der Waals surface area contributed by atoms with Gasteiger partial charge < -0.3 is 0 Å². The summed E-state index contributed by atoms with van der Waals surface area (Å²) in [6.45, 7) is 0. The smallest absolute Gasteiger partial charge is 0.200 e. The first kappa shape index (κ1) is 52.7. The Bertz CT molecular complexity index is 2870. The number of allylic oxidation sites excluding steroid dienone is 2. The van der Waals surface area contributed by atoms with E-state index in [1.807, 2.05) is 30.3 Å². The molecule has 0 saturated heterocycles. The minimum atomic E-state index is -7.22. The van der Waals surface area contributed by atoms with Crippen molar-refractivity contribution in [2.24, 2.45) is 0 Å². The molecule has 7 rings (SSSR count). The van der Waals surface area contributed by atoms with Gasteiger partial charge in [0, 0.05) is 0 Å². The molecule has 0 aliphatic carbocycles. The molecule has 7 aromatic carbocycles. The van der Waals surface area contributed by atoms with Gasteiger partial charge in [0.25, 0.3) is 0 Å². The summed E-state index contributed by atoms with van der Waals surface area (Å²) < 4.78 is 294. The zero-order chi connectivity index (χ0) is 52.6. The third-order valence-corrected chi connectivity index (χ3v) is 15.4. The molecule has 0 heterocycles. The third-order valence-electron chi connectivity index (χ3n) is 11.1. The Morgan fingerprint density at radius 2 is 0.507 bits per heavy atom. The van der Waals surface area contributed by atoms with Crippen molar-refractivity contribution in [2.75, 3.05) is 6.16 Å². The molecule has 0 aliphatic heterocycles. The standard InChI is InChI=1S/C24BF20.C23H18N2P/c26-5-1(6(27)14(35)21(42)13(5)34)25(2-7(28)15(36)22(43)16(37)8(2)29,3-9(30)17(38)23(44)18(39)10(3)31)4-11(32)19(40)24(45)20(41)12(4)33;24-18-20(19-25)16-17-26(21-10-4-1-5-11-21,22-12-6-2-7-13-22)23-14-8-3-9-15-23/h;1-16H,17H2/q-1;+1. The van der Waals surface area contributed by atoms with E-state index in [9.17, 15) is 63.2 Å². The van der Waals surface area contributed by atoms with Crippen LogP contribution in [0.1, 0.15) is 0 Å². The minimum absolute atomic E-state index is 0.164. The second kappa shape index (κ2) is 20.4. The van der Waals surface area contributed by atoms with Gasteiger partial charge in [-0.2, -0.15) is 10.5 Å². The predicted octanol–water partition coefficient (Wildman–Crippen LogP) is 9.80. The Kier molecular flexibility index (Phi) is 15.1. The molecule has 0 spiro atoms. The van der Waals surface area contributed by atoms with Gasteiger partial charge in [-0.1, -0.05) is 54.6 Å². The lowest BCUT2D eigenvalue weighted by atomic mass is 9.12. The van der Waals surface area contributed by atoms with Crippen LogP contribution in [0.2, 0.25) is 0 Å². The van der Waals surface area contributed by atoms with E-state index in [1.165, 1.54) is 15.9 Å². The molecule has 2 nitrogen and oxygen atoms in total. The van der Waals surface area contributed by atoms with Crippen LogP contribution in [0, 0.1) is 139 Å². The molecule has 0 N–H and O–H groups in total. The first-order valence-electron chi connectivity index (χ1n) is 19.3. The molecule has 24 heteroatoms. The maximum atomic E-state index is 15.4.